The first-order chi connectivity index (χ1) is 15.2. The van der Waals surface area contributed by atoms with Gasteiger partial charge in [-0.1, -0.05) is 12.1 Å². The number of aromatic nitrogens is 1. The molecule has 0 saturated carbocycles. The van der Waals surface area contributed by atoms with Crippen LogP contribution in [-0.2, 0) is 6.54 Å². The third-order valence-electron chi connectivity index (χ3n) is 5.01. The van der Waals surface area contributed by atoms with Crippen molar-refractivity contribution in [3.05, 3.63) is 59.5 Å². The molecule has 1 aliphatic heterocycles. The van der Waals surface area contributed by atoms with E-state index in [2.05, 4.69) is 20.9 Å². The minimum Gasteiger partial charge on any atom is -0.357 e. The van der Waals surface area contributed by atoms with Crippen molar-refractivity contribution >= 4 is 17.7 Å². The zero-order valence-electron chi connectivity index (χ0n) is 19.3. The number of hydrogen-bond acceptors (Lipinski definition) is 4. The van der Waals surface area contributed by atoms with Crippen molar-refractivity contribution in [2.45, 2.75) is 52.2 Å². The lowest BCUT2D eigenvalue weighted by atomic mass is 10.1. The van der Waals surface area contributed by atoms with Gasteiger partial charge in [0.2, 0.25) is 0 Å². The molecule has 2 heterocycles. The van der Waals surface area contributed by atoms with Crippen molar-refractivity contribution < 1.29 is 9.18 Å². The van der Waals surface area contributed by atoms with Crippen molar-refractivity contribution in [1.82, 2.24) is 20.9 Å². The first kappa shape index (κ1) is 23.5. The number of benzene rings is 1. The second kappa shape index (κ2) is 10.4. The second-order valence-corrected chi connectivity index (χ2v) is 8.98. The fourth-order valence-electron chi connectivity index (χ4n) is 3.59. The number of carbonyl (C=O) groups is 1. The van der Waals surface area contributed by atoms with Crippen LogP contribution in [0.4, 0.5) is 10.2 Å². The number of hydrogen-bond donors (Lipinski definition) is 3. The Balaban J connectivity index is 1.63. The standard InChI is InChI=1S/C24H33FN6O/c1-5-26-23(29-19-11-13-31(16-19)21-20(25)10-7-12-27-21)28-15-17-8-6-9-18(14-17)22(32)30-24(2,3)4/h6-10,12,14,19H,5,11,13,15-16H2,1-4H3,(H,30,32)(H2,26,28,29). The molecule has 1 amide bonds. The lowest BCUT2D eigenvalue weighted by molar-refractivity contribution is 0.0919. The number of amides is 1. The van der Waals surface area contributed by atoms with Gasteiger partial charge in [-0.15, -0.1) is 0 Å². The summed E-state index contributed by atoms with van der Waals surface area (Å²) in [7, 11) is 0. The van der Waals surface area contributed by atoms with Crippen LogP contribution in [0.5, 0.6) is 0 Å². The monoisotopic (exact) mass is 440 g/mol. The number of anilines is 1. The summed E-state index contributed by atoms with van der Waals surface area (Å²) in [6.07, 6.45) is 2.48. The summed E-state index contributed by atoms with van der Waals surface area (Å²) < 4.78 is 14.1. The van der Waals surface area contributed by atoms with Crippen LogP contribution in [0, 0.1) is 5.82 Å². The van der Waals surface area contributed by atoms with E-state index in [9.17, 15) is 9.18 Å². The maximum absolute atomic E-state index is 14.1. The van der Waals surface area contributed by atoms with Gasteiger partial charge in [-0.25, -0.2) is 14.4 Å². The Morgan fingerprint density at radius 1 is 1.28 bits per heavy atom. The minimum atomic E-state index is -0.302. The Morgan fingerprint density at radius 2 is 2.09 bits per heavy atom. The number of nitrogens with one attached hydrogen (secondary N) is 3. The van der Waals surface area contributed by atoms with Gasteiger partial charge in [-0.3, -0.25) is 4.79 Å². The molecule has 0 bridgehead atoms. The van der Waals surface area contributed by atoms with Crippen molar-refractivity contribution in [1.29, 1.82) is 0 Å². The molecule has 1 fully saturated rings. The summed E-state index contributed by atoms with van der Waals surface area (Å²) >= 11 is 0. The lowest BCUT2D eigenvalue weighted by Crippen LogP contribution is -2.44. The van der Waals surface area contributed by atoms with Crippen molar-refractivity contribution in [3.8, 4) is 0 Å². The molecule has 0 spiro atoms. The predicted octanol–water partition coefficient (Wildman–Crippen LogP) is 3.08. The third kappa shape index (κ3) is 6.67. The molecule has 0 aliphatic carbocycles. The number of guanidine groups is 1. The van der Waals surface area contributed by atoms with E-state index < -0.39 is 0 Å². The van der Waals surface area contributed by atoms with Gasteiger partial charge >= 0.3 is 0 Å². The normalized spacial score (nSPS) is 16.7. The highest BCUT2D eigenvalue weighted by Crippen LogP contribution is 2.20. The van der Waals surface area contributed by atoms with Crippen LogP contribution in [-0.4, -0.2) is 48.1 Å². The zero-order valence-corrected chi connectivity index (χ0v) is 19.3. The predicted molar refractivity (Wildman–Crippen MR) is 126 cm³/mol. The van der Waals surface area contributed by atoms with E-state index in [0.717, 1.165) is 25.1 Å². The molecule has 8 heteroatoms. The van der Waals surface area contributed by atoms with E-state index in [1.54, 1.807) is 12.3 Å². The fraction of sp³-hybridized carbons (Fsp3) is 0.458. The van der Waals surface area contributed by atoms with Gasteiger partial charge in [0.15, 0.2) is 17.6 Å². The van der Waals surface area contributed by atoms with Crippen LogP contribution in [0.3, 0.4) is 0 Å². The Bertz CT molecular complexity index is 956. The van der Waals surface area contributed by atoms with E-state index in [1.165, 1.54) is 6.07 Å². The smallest absolute Gasteiger partial charge is 0.251 e. The van der Waals surface area contributed by atoms with E-state index in [-0.39, 0.29) is 23.3 Å². The summed E-state index contributed by atoms with van der Waals surface area (Å²) in [5.74, 6) is 0.694. The number of halogens is 1. The third-order valence-corrected chi connectivity index (χ3v) is 5.01. The Hall–Kier alpha value is -3.16. The molecule has 1 unspecified atom stereocenters. The Kier molecular flexibility index (Phi) is 7.66. The van der Waals surface area contributed by atoms with Gasteiger partial charge in [0.25, 0.3) is 5.91 Å². The zero-order chi connectivity index (χ0) is 23.1. The summed E-state index contributed by atoms with van der Waals surface area (Å²) in [6, 6.07) is 10.7. The first-order valence-corrected chi connectivity index (χ1v) is 11.1. The van der Waals surface area contributed by atoms with Crippen molar-refractivity contribution in [3.63, 3.8) is 0 Å². The van der Waals surface area contributed by atoms with Gasteiger partial charge < -0.3 is 20.9 Å². The van der Waals surface area contributed by atoms with E-state index in [0.29, 0.717) is 30.4 Å². The van der Waals surface area contributed by atoms with Crippen LogP contribution in [0.2, 0.25) is 0 Å². The maximum atomic E-state index is 14.1. The van der Waals surface area contributed by atoms with Gasteiger partial charge in [-0.05, 0) is 63.9 Å². The average Bonchev–Trinajstić information content (AvgIpc) is 3.20. The summed E-state index contributed by atoms with van der Waals surface area (Å²) in [6.45, 7) is 10.4. The molecule has 32 heavy (non-hydrogen) atoms. The molecule has 7 nitrogen and oxygen atoms in total. The number of rotatable bonds is 6. The summed E-state index contributed by atoms with van der Waals surface area (Å²) in [4.78, 5) is 23.3. The second-order valence-electron chi connectivity index (χ2n) is 8.98. The van der Waals surface area contributed by atoms with Crippen LogP contribution in [0.1, 0.15) is 50.0 Å². The molecule has 1 aromatic carbocycles. The van der Waals surface area contributed by atoms with Crippen LogP contribution >= 0.6 is 0 Å². The number of carbonyl (C=O) groups excluding carboxylic acids is 1. The first-order valence-electron chi connectivity index (χ1n) is 11.1. The lowest BCUT2D eigenvalue weighted by Gasteiger charge is -2.20. The van der Waals surface area contributed by atoms with E-state index >= 15 is 0 Å². The quantitative estimate of drug-likeness (QED) is 0.475. The topological polar surface area (TPSA) is 81.6 Å². The largest absolute Gasteiger partial charge is 0.357 e. The van der Waals surface area contributed by atoms with Gasteiger partial charge in [0.1, 0.15) is 0 Å². The highest BCUT2D eigenvalue weighted by atomic mass is 19.1. The fourth-order valence-corrected chi connectivity index (χ4v) is 3.59. The molecular weight excluding hydrogens is 407 g/mol. The molecule has 1 saturated heterocycles. The van der Waals surface area contributed by atoms with Crippen LogP contribution in [0.25, 0.3) is 0 Å². The molecule has 172 valence electrons. The summed E-state index contributed by atoms with van der Waals surface area (Å²) in [5, 5.41) is 9.69. The van der Waals surface area contributed by atoms with Crippen LogP contribution < -0.4 is 20.9 Å². The van der Waals surface area contributed by atoms with E-state index in [4.69, 9.17) is 4.99 Å². The number of aliphatic imine (C=N–C) groups is 1. The Labute approximate surface area is 189 Å². The average molecular weight is 441 g/mol. The molecule has 1 atom stereocenters. The van der Waals surface area contributed by atoms with Crippen LogP contribution in [0.15, 0.2) is 47.6 Å². The molecular formula is C24H33FN6O. The molecule has 2 aromatic rings. The summed E-state index contributed by atoms with van der Waals surface area (Å²) in [5.41, 5.74) is 1.28. The van der Waals surface area contributed by atoms with Gasteiger partial charge in [0, 0.05) is 43.0 Å². The number of nitrogens with zero attached hydrogens (tertiary/aromatic N) is 3. The molecule has 1 aromatic heterocycles. The molecule has 3 rings (SSSR count). The molecule has 0 radical (unpaired) electrons. The van der Waals surface area contributed by atoms with Crippen molar-refractivity contribution in [2.75, 3.05) is 24.5 Å². The minimum absolute atomic E-state index is 0.0961. The van der Waals surface area contributed by atoms with Gasteiger partial charge in [0.05, 0.1) is 6.54 Å². The number of pyridine rings is 1. The SMILES string of the molecule is CCNC(=NCc1cccc(C(=O)NC(C)(C)C)c1)NC1CCN(c2ncccc2F)C1. The maximum Gasteiger partial charge on any atom is 0.251 e. The molecule has 1 aliphatic rings. The molecule has 3 N–H and O–H groups in total. The highest BCUT2D eigenvalue weighted by Gasteiger charge is 2.26. The van der Waals surface area contributed by atoms with E-state index in [1.807, 2.05) is 56.9 Å². The highest BCUT2D eigenvalue weighted by molar-refractivity contribution is 5.94. The van der Waals surface area contributed by atoms with Gasteiger partial charge in [-0.2, -0.15) is 0 Å². The van der Waals surface area contributed by atoms with Crippen molar-refractivity contribution in [2.24, 2.45) is 4.99 Å². The Morgan fingerprint density at radius 3 is 2.81 bits per heavy atom.